The van der Waals surface area contributed by atoms with Gasteiger partial charge in [0.05, 0.1) is 24.0 Å². The molecule has 1 N–H and O–H groups in total. The average Bonchev–Trinajstić information content (AvgIpc) is 3.36. The van der Waals surface area contributed by atoms with E-state index in [2.05, 4.69) is 27.8 Å². The number of carbonyl (C=O) groups excluding carboxylic acids is 1. The van der Waals surface area contributed by atoms with Crippen molar-refractivity contribution in [3.63, 3.8) is 0 Å². The van der Waals surface area contributed by atoms with Crippen LogP contribution in [0.3, 0.4) is 0 Å². The van der Waals surface area contributed by atoms with E-state index in [9.17, 15) is 4.79 Å². The highest BCUT2D eigenvalue weighted by atomic mass is 16.2. The van der Waals surface area contributed by atoms with Gasteiger partial charge in [0.15, 0.2) is 0 Å². The molecule has 5 rings (SSSR count). The standard InChI is InChI=1S/C21H30N6O.C2H6/c1-14-19-13-25(15(2)28)10-7-21(19)27(24-14)18-3-4-20-16(11-18)12-23-26(20)17-5-8-22-9-6-17;1-2/h12,17-18,22H,3-11,13H2,1-2H3;1-2H3. The van der Waals surface area contributed by atoms with Gasteiger partial charge in [0.2, 0.25) is 5.91 Å². The Labute approximate surface area is 179 Å². The van der Waals surface area contributed by atoms with E-state index in [0.29, 0.717) is 18.6 Å². The first kappa shape index (κ1) is 21.1. The van der Waals surface area contributed by atoms with Gasteiger partial charge in [-0.15, -0.1) is 0 Å². The van der Waals surface area contributed by atoms with Crippen molar-refractivity contribution in [2.75, 3.05) is 19.6 Å². The highest BCUT2D eigenvalue weighted by Gasteiger charge is 2.31. The molecule has 30 heavy (non-hydrogen) atoms. The number of aryl methyl sites for hydroxylation is 1. The molecule has 0 spiro atoms. The van der Waals surface area contributed by atoms with Crippen LogP contribution in [0.2, 0.25) is 0 Å². The lowest BCUT2D eigenvalue weighted by molar-refractivity contribution is -0.129. The van der Waals surface area contributed by atoms with E-state index in [0.717, 1.165) is 51.0 Å². The van der Waals surface area contributed by atoms with Gasteiger partial charge >= 0.3 is 0 Å². The minimum absolute atomic E-state index is 0.158. The SMILES string of the molecule is CC.CC(=O)N1CCc2c(c(C)nn2C2CCc3c(cnn3C3CCNCC3)C2)C1. The van der Waals surface area contributed by atoms with Crippen LogP contribution in [0.15, 0.2) is 6.20 Å². The first-order valence-electron chi connectivity index (χ1n) is 11.7. The molecule has 164 valence electrons. The van der Waals surface area contributed by atoms with E-state index >= 15 is 0 Å². The second kappa shape index (κ2) is 8.92. The molecule has 7 heteroatoms. The summed E-state index contributed by atoms with van der Waals surface area (Å²) in [4.78, 5) is 13.7. The largest absolute Gasteiger partial charge is 0.338 e. The van der Waals surface area contributed by atoms with Gasteiger partial charge in [0, 0.05) is 43.4 Å². The van der Waals surface area contributed by atoms with E-state index in [1.165, 1.54) is 35.4 Å². The van der Waals surface area contributed by atoms with Gasteiger partial charge in [0.25, 0.3) is 0 Å². The van der Waals surface area contributed by atoms with Crippen molar-refractivity contribution in [2.45, 2.75) is 84.8 Å². The van der Waals surface area contributed by atoms with Crippen LogP contribution < -0.4 is 5.32 Å². The number of rotatable bonds is 2. The molecule has 1 saturated heterocycles. The number of hydrogen-bond acceptors (Lipinski definition) is 4. The van der Waals surface area contributed by atoms with E-state index in [1.54, 1.807) is 6.92 Å². The Kier molecular flexibility index (Phi) is 6.27. The molecular weight excluding hydrogens is 376 g/mol. The second-order valence-electron chi connectivity index (χ2n) is 8.58. The summed E-state index contributed by atoms with van der Waals surface area (Å²) in [5, 5.41) is 13.2. The van der Waals surface area contributed by atoms with Crippen LogP contribution in [0.5, 0.6) is 0 Å². The molecule has 0 bridgehead atoms. The lowest BCUT2D eigenvalue weighted by atomic mass is 9.92. The molecule has 1 aliphatic carbocycles. The van der Waals surface area contributed by atoms with Crippen LogP contribution in [0, 0.1) is 6.92 Å². The summed E-state index contributed by atoms with van der Waals surface area (Å²) in [6.45, 7) is 11.5. The highest BCUT2D eigenvalue weighted by molar-refractivity contribution is 5.73. The summed E-state index contributed by atoms with van der Waals surface area (Å²) in [6.07, 6.45) is 8.58. The minimum atomic E-state index is 0.158. The zero-order valence-electron chi connectivity index (χ0n) is 18.9. The zero-order valence-corrected chi connectivity index (χ0v) is 18.9. The lowest BCUT2D eigenvalue weighted by Crippen LogP contribution is -2.35. The quantitative estimate of drug-likeness (QED) is 0.823. The molecular formula is C23H36N6O. The fourth-order valence-electron chi connectivity index (χ4n) is 5.28. The van der Waals surface area contributed by atoms with Crippen LogP contribution in [0.4, 0.5) is 0 Å². The molecule has 7 nitrogen and oxygen atoms in total. The van der Waals surface area contributed by atoms with Gasteiger partial charge < -0.3 is 10.2 Å². The second-order valence-corrected chi connectivity index (χ2v) is 8.58. The fourth-order valence-corrected chi connectivity index (χ4v) is 5.28. The zero-order chi connectivity index (χ0) is 21.3. The Balaban J connectivity index is 0.00000106. The number of fused-ring (bicyclic) bond motifs is 2. The maximum Gasteiger partial charge on any atom is 0.219 e. The third kappa shape index (κ3) is 3.80. The Hall–Kier alpha value is -2.15. The van der Waals surface area contributed by atoms with E-state index in [4.69, 9.17) is 10.2 Å². The normalized spacial score (nSPS) is 21.5. The molecule has 2 aliphatic heterocycles. The molecule has 2 aromatic rings. The number of nitrogens with zero attached hydrogens (tertiary/aromatic N) is 5. The first-order valence-corrected chi connectivity index (χ1v) is 11.7. The Morgan fingerprint density at radius 1 is 1.07 bits per heavy atom. The molecule has 1 unspecified atom stereocenters. The summed E-state index contributed by atoms with van der Waals surface area (Å²) in [6, 6.07) is 0.961. The van der Waals surface area contributed by atoms with E-state index < -0.39 is 0 Å². The predicted molar refractivity (Wildman–Crippen MR) is 118 cm³/mol. The van der Waals surface area contributed by atoms with Crippen LogP contribution in [0.1, 0.15) is 80.3 Å². The van der Waals surface area contributed by atoms with Crippen LogP contribution in [-0.4, -0.2) is 50.0 Å². The Morgan fingerprint density at radius 2 is 1.83 bits per heavy atom. The van der Waals surface area contributed by atoms with E-state index in [-0.39, 0.29) is 5.91 Å². The fraction of sp³-hybridized carbons (Fsp3) is 0.696. The lowest BCUT2D eigenvalue weighted by Gasteiger charge is -2.30. The van der Waals surface area contributed by atoms with Crippen molar-refractivity contribution in [1.29, 1.82) is 0 Å². The molecule has 2 aromatic heterocycles. The van der Waals surface area contributed by atoms with Gasteiger partial charge in [-0.25, -0.2) is 0 Å². The smallest absolute Gasteiger partial charge is 0.219 e. The van der Waals surface area contributed by atoms with Crippen molar-refractivity contribution in [3.05, 3.63) is 34.4 Å². The first-order chi connectivity index (χ1) is 14.6. The molecule has 4 heterocycles. The van der Waals surface area contributed by atoms with Crippen molar-refractivity contribution >= 4 is 5.91 Å². The minimum Gasteiger partial charge on any atom is -0.338 e. The van der Waals surface area contributed by atoms with Gasteiger partial charge in [-0.3, -0.25) is 14.2 Å². The highest BCUT2D eigenvalue weighted by Crippen LogP contribution is 2.34. The number of nitrogens with one attached hydrogen (secondary N) is 1. The van der Waals surface area contributed by atoms with Crippen LogP contribution in [-0.2, 0) is 30.6 Å². The summed E-state index contributed by atoms with van der Waals surface area (Å²) in [5.74, 6) is 0.158. The third-order valence-electron chi connectivity index (χ3n) is 6.89. The molecule has 0 saturated carbocycles. The molecule has 1 atom stereocenters. The molecule has 1 amide bonds. The van der Waals surface area contributed by atoms with Gasteiger partial charge in [-0.2, -0.15) is 10.2 Å². The van der Waals surface area contributed by atoms with Crippen molar-refractivity contribution < 1.29 is 4.79 Å². The van der Waals surface area contributed by atoms with Crippen LogP contribution >= 0.6 is 0 Å². The summed E-state index contributed by atoms with van der Waals surface area (Å²) in [7, 11) is 0. The monoisotopic (exact) mass is 412 g/mol. The summed E-state index contributed by atoms with van der Waals surface area (Å²) < 4.78 is 4.61. The van der Waals surface area contributed by atoms with Gasteiger partial charge in [-0.1, -0.05) is 13.8 Å². The van der Waals surface area contributed by atoms with Crippen molar-refractivity contribution in [3.8, 4) is 0 Å². The number of carbonyl (C=O) groups is 1. The number of amides is 1. The molecule has 0 aromatic carbocycles. The maximum absolute atomic E-state index is 11.8. The van der Waals surface area contributed by atoms with Gasteiger partial charge in [-0.05, 0) is 57.7 Å². The van der Waals surface area contributed by atoms with E-state index in [1.807, 2.05) is 18.7 Å². The van der Waals surface area contributed by atoms with Crippen molar-refractivity contribution in [2.24, 2.45) is 0 Å². The number of hydrogen-bond donors (Lipinski definition) is 1. The molecule has 0 radical (unpaired) electrons. The average molecular weight is 413 g/mol. The Morgan fingerprint density at radius 3 is 2.57 bits per heavy atom. The summed E-state index contributed by atoms with van der Waals surface area (Å²) in [5.41, 5.74) is 6.53. The number of piperidine rings is 1. The topological polar surface area (TPSA) is 68.0 Å². The Bertz CT molecular complexity index is 892. The molecule has 1 fully saturated rings. The van der Waals surface area contributed by atoms with Crippen molar-refractivity contribution in [1.82, 2.24) is 29.8 Å². The number of aromatic nitrogens is 4. The third-order valence-corrected chi connectivity index (χ3v) is 6.89. The van der Waals surface area contributed by atoms with Crippen LogP contribution in [0.25, 0.3) is 0 Å². The summed E-state index contributed by atoms with van der Waals surface area (Å²) >= 11 is 0. The molecule has 3 aliphatic rings. The maximum atomic E-state index is 11.8. The predicted octanol–water partition coefficient (Wildman–Crippen LogP) is 2.97. The van der Waals surface area contributed by atoms with Gasteiger partial charge in [0.1, 0.15) is 0 Å².